The van der Waals surface area contributed by atoms with Gasteiger partial charge in [0.1, 0.15) is 17.0 Å². The summed E-state index contributed by atoms with van der Waals surface area (Å²) in [6.45, 7) is 7.15. The lowest BCUT2D eigenvalue weighted by Gasteiger charge is -2.29. The minimum atomic E-state index is -4.25. The number of carbonyl (C=O) groups is 1. The molecule has 6 rings (SSSR count). The van der Waals surface area contributed by atoms with E-state index < -0.39 is 15.9 Å². The van der Waals surface area contributed by atoms with Gasteiger partial charge >= 0.3 is 0 Å². The van der Waals surface area contributed by atoms with Gasteiger partial charge in [0.2, 0.25) is 0 Å². The van der Waals surface area contributed by atoms with E-state index in [9.17, 15) is 13.2 Å². The zero-order chi connectivity index (χ0) is 29.6. The number of aromatic nitrogens is 2. The average molecular weight is 607 g/mol. The van der Waals surface area contributed by atoms with Crippen molar-refractivity contribution in [3.63, 3.8) is 0 Å². The number of hydrogen-bond acceptors (Lipinski definition) is 10. The number of nitrogen functional groups attached to an aromatic ring is 1. The van der Waals surface area contributed by atoms with Crippen LogP contribution in [0, 0.1) is 19.8 Å². The Morgan fingerprint density at radius 2 is 1.93 bits per heavy atom. The largest absolute Gasteiger partial charge is 0.490 e. The molecule has 1 aliphatic heterocycles. The number of ether oxygens (including phenoxy) is 2. The van der Waals surface area contributed by atoms with Crippen LogP contribution >= 0.6 is 11.3 Å². The van der Waals surface area contributed by atoms with Crippen molar-refractivity contribution in [3.8, 4) is 17.2 Å². The Hall–Kier alpha value is -4.00. The second kappa shape index (κ2) is 11.0. The van der Waals surface area contributed by atoms with Crippen molar-refractivity contribution in [2.24, 2.45) is 5.92 Å². The van der Waals surface area contributed by atoms with Gasteiger partial charge in [-0.1, -0.05) is 35.6 Å². The van der Waals surface area contributed by atoms with Crippen LogP contribution < -0.4 is 15.2 Å². The summed E-state index contributed by atoms with van der Waals surface area (Å²) in [6.07, 6.45) is 2.68. The fourth-order valence-electron chi connectivity index (χ4n) is 5.36. The van der Waals surface area contributed by atoms with E-state index in [1.165, 1.54) is 0 Å². The number of nitrogens with zero attached hydrogens (tertiary/aromatic N) is 2. The molecule has 5 aromatic rings. The number of hydrogen-bond donors (Lipinski definition) is 2. The van der Waals surface area contributed by atoms with Gasteiger partial charge in [-0.2, -0.15) is 0 Å². The first kappa shape index (κ1) is 28.1. The number of rotatable bonds is 7. The van der Waals surface area contributed by atoms with Crippen molar-refractivity contribution in [1.29, 1.82) is 0 Å². The van der Waals surface area contributed by atoms with Gasteiger partial charge in [0, 0.05) is 24.2 Å². The molecule has 0 spiro atoms. The lowest BCUT2D eigenvalue weighted by Crippen LogP contribution is -2.31. The van der Waals surface area contributed by atoms with E-state index in [-0.39, 0.29) is 26.9 Å². The summed E-state index contributed by atoms with van der Waals surface area (Å²) >= 11 is 0.771. The number of fused-ring (bicyclic) bond motifs is 2. The molecule has 42 heavy (non-hydrogen) atoms. The summed E-state index contributed by atoms with van der Waals surface area (Å²) in [4.78, 5) is 22.6. The first-order valence-corrected chi connectivity index (χ1v) is 15.9. The van der Waals surface area contributed by atoms with Crippen LogP contribution in [0.15, 0.2) is 57.3 Å². The number of carbonyl (C=O) groups excluding carboxylic acids is 1. The standard InChI is InChI=1S/C30H30N4O6S2/c1-16-8-9-24(39-18(3)19-10-12-38-13-11-19)26-21(29(35)34-42(36,37)25-15-32-30(31)41-25)14-22(33-27(16)26)28-17(2)20-6-4-5-7-23(20)40-28/h4-9,14-15,18-19H,10-13H2,1-3H3,(H2,31,32)(H,34,35)/t18-/m1/s1. The van der Waals surface area contributed by atoms with Gasteiger partial charge in [-0.15, -0.1) is 0 Å². The quantitative estimate of drug-likeness (QED) is 0.241. The summed E-state index contributed by atoms with van der Waals surface area (Å²) in [7, 11) is -4.25. The molecule has 2 aromatic carbocycles. The zero-order valence-corrected chi connectivity index (χ0v) is 25.0. The zero-order valence-electron chi connectivity index (χ0n) is 23.3. The molecular formula is C30H30N4O6S2. The number of nitrogens with two attached hydrogens (primary N) is 1. The Labute approximate surface area is 246 Å². The van der Waals surface area contributed by atoms with Gasteiger partial charge in [-0.05, 0) is 63.3 Å². The fraction of sp³-hybridized carbons (Fsp3) is 0.300. The predicted octanol–water partition coefficient (Wildman–Crippen LogP) is 5.62. The third-order valence-electron chi connectivity index (χ3n) is 7.68. The molecule has 218 valence electrons. The maximum atomic E-state index is 13.9. The van der Waals surface area contributed by atoms with E-state index in [0.717, 1.165) is 46.9 Å². The maximum Gasteiger partial charge on any atom is 0.275 e. The second-order valence-electron chi connectivity index (χ2n) is 10.4. The van der Waals surface area contributed by atoms with Gasteiger partial charge in [0.25, 0.3) is 15.9 Å². The summed E-state index contributed by atoms with van der Waals surface area (Å²) in [5.74, 6) is 0.375. The molecule has 0 bridgehead atoms. The van der Waals surface area contributed by atoms with Crippen LogP contribution in [-0.2, 0) is 14.8 Å². The lowest BCUT2D eigenvalue weighted by atomic mass is 9.94. The van der Waals surface area contributed by atoms with Crippen molar-refractivity contribution in [3.05, 3.63) is 65.4 Å². The van der Waals surface area contributed by atoms with Gasteiger partial charge in [-0.25, -0.2) is 23.1 Å². The van der Waals surface area contributed by atoms with Crippen molar-refractivity contribution in [2.75, 3.05) is 18.9 Å². The Kier molecular flexibility index (Phi) is 7.37. The smallest absolute Gasteiger partial charge is 0.275 e. The van der Waals surface area contributed by atoms with Crippen LogP contribution in [-0.4, -0.2) is 43.6 Å². The predicted molar refractivity (Wildman–Crippen MR) is 161 cm³/mol. The molecule has 1 saturated heterocycles. The monoisotopic (exact) mass is 606 g/mol. The first-order valence-electron chi connectivity index (χ1n) is 13.6. The highest BCUT2D eigenvalue weighted by Crippen LogP contribution is 2.38. The van der Waals surface area contributed by atoms with Crippen LogP contribution in [0.5, 0.6) is 5.75 Å². The summed E-state index contributed by atoms with van der Waals surface area (Å²) in [6, 6.07) is 12.9. The molecule has 12 heteroatoms. The van der Waals surface area contributed by atoms with E-state index in [1.54, 1.807) is 12.1 Å². The summed E-state index contributed by atoms with van der Waals surface area (Å²) in [5, 5.41) is 1.42. The minimum Gasteiger partial charge on any atom is -0.490 e. The van der Waals surface area contributed by atoms with E-state index in [1.807, 2.05) is 51.1 Å². The van der Waals surface area contributed by atoms with Crippen LogP contribution in [0.1, 0.15) is 41.3 Å². The highest BCUT2D eigenvalue weighted by molar-refractivity contribution is 7.92. The number of amides is 1. The number of nitrogens with one attached hydrogen (secondary N) is 1. The Morgan fingerprint density at radius 1 is 1.17 bits per heavy atom. The summed E-state index contributed by atoms with van der Waals surface area (Å²) < 4.78 is 46.5. The van der Waals surface area contributed by atoms with E-state index in [4.69, 9.17) is 24.6 Å². The van der Waals surface area contributed by atoms with E-state index >= 15 is 0 Å². The Balaban J connectivity index is 1.51. The number of anilines is 1. The SMILES string of the molecule is Cc1c(-c2cc(C(=O)NS(=O)(=O)c3cnc(N)s3)c3c(O[C@H](C)C4CCOCC4)ccc(C)c3n2)oc2ccccc12. The number of pyridine rings is 1. The molecular weight excluding hydrogens is 576 g/mol. The van der Waals surface area contributed by atoms with Crippen molar-refractivity contribution in [2.45, 2.75) is 43.9 Å². The Morgan fingerprint density at radius 3 is 2.64 bits per heavy atom. The molecule has 1 fully saturated rings. The minimum absolute atomic E-state index is 0.0771. The number of sulfonamides is 1. The third kappa shape index (κ3) is 5.21. The molecule has 0 unspecified atom stereocenters. The number of furan rings is 1. The molecule has 1 atom stereocenters. The number of para-hydroxylation sites is 1. The molecule has 3 N–H and O–H groups in total. The van der Waals surface area contributed by atoms with Gasteiger partial charge < -0.3 is 19.6 Å². The third-order valence-corrected chi connectivity index (χ3v) is 10.3. The first-order chi connectivity index (χ1) is 20.1. The number of aryl methyl sites for hydroxylation is 2. The van der Waals surface area contributed by atoms with E-state index in [2.05, 4.69) is 9.71 Å². The van der Waals surface area contributed by atoms with E-state index in [0.29, 0.717) is 46.9 Å². The molecule has 4 heterocycles. The molecule has 10 nitrogen and oxygen atoms in total. The van der Waals surface area contributed by atoms with Crippen molar-refractivity contribution >= 4 is 54.3 Å². The van der Waals surface area contributed by atoms with Crippen molar-refractivity contribution in [1.82, 2.24) is 14.7 Å². The molecule has 0 aliphatic carbocycles. The Bertz CT molecular complexity index is 1930. The molecule has 3 aromatic heterocycles. The molecule has 0 radical (unpaired) electrons. The van der Waals surface area contributed by atoms with Crippen LogP contribution in [0.2, 0.25) is 0 Å². The maximum absolute atomic E-state index is 13.9. The topological polar surface area (TPSA) is 147 Å². The van der Waals surface area contributed by atoms with Gasteiger partial charge in [0.15, 0.2) is 15.1 Å². The van der Waals surface area contributed by atoms with Crippen LogP contribution in [0.4, 0.5) is 5.13 Å². The molecule has 1 aliphatic rings. The van der Waals surface area contributed by atoms with Gasteiger partial charge in [0.05, 0.1) is 28.8 Å². The second-order valence-corrected chi connectivity index (χ2v) is 13.4. The summed E-state index contributed by atoms with van der Waals surface area (Å²) in [5.41, 5.74) is 8.98. The number of benzene rings is 2. The highest BCUT2D eigenvalue weighted by Gasteiger charge is 2.28. The fourth-order valence-corrected chi connectivity index (χ4v) is 7.24. The average Bonchev–Trinajstić information content (AvgIpc) is 3.58. The van der Waals surface area contributed by atoms with Crippen molar-refractivity contribution < 1.29 is 27.1 Å². The van der Waals surface area contributed by atoms with Crippen LogP contribution in [0.3, 0.4) is 0 Å². The van der Waals surface area contributed by atoms with Crippen LogP contribution in [0.25, 0.3) is 33.3 Å². The van der Waals surface area contributed by atoms with Gasteiger partial charge in [-0.3, -0.25) is 4.79 Å². The number of thiazole rings is 1. The highest BCUT2D eigenvalue weighted by atomic mass is 32.2. The molecule has 0 saturated carbocycles. The lowest BCUT2D eigenvalue weighted by molar-refractivity contribution is 0.0243. The molecule has 1 amide bonds. The normalized spacial score (nSPS) is 15.2.